The summed E-state index contributed by atoms with van der Waals surface area (Å²) in [6.07, 6.45) is 6.09. The summed E-state index contributed by atoms with van der Waals surface area (Å²) in [5.74, 6) is 0.463. The van der Waals surface area contributed by atoms with Crippen molar-refractivity contribution in [1.82, 2.24) is 24.9 Å². The van der Waals surface area contributed by atoms with Crippen molar-refractivity contribution in [1.29, 1.82) is 0 Å². The molecule has 146 valence electrons. The maximum Gasteiger partial charge on any atom is 0.227 e. The Labute approximate surface area is 159 Å². The fourth-order valence-corrected chi connectivity index (χ4v) is 3.56. The van der Waals surface area contributed by atoms with Crippen LogP contribution in [0.1, 0.15) is 43.1 Å². The van der Waals surface area contributed by atoms with Gasteiger partial charge in [-0.2, -0.15) is 10.2 Å². The van der Waals surface area contributed by atoms with Crippen LogP contribution in [-0.4, -0.2) is 49.8 Å². The quantitative estimate of drug-likeness (QED) is 0.811. The maximum absolute atomic E-state index is 12.6. The molecule has 1 aliphatic heterocycles. The number of nitrogens with zero attached hydrogens (tertiary/aromatic N) is 4. The molecule has 0 atom stereocenters. The van der Waals surface area contributed by atoms with Crippen LogP contribution in [-0.2, 0) is 22.6 Å². The van der Waals surface area contributed by atoms with E-state index < -0.39 is 0 Å². The van der Waals surface area contributed by atoms with Gasteiger partial charge in [-0.15, -0.1) is 0 Å². The minimum atomic E-state index is 0.0140. The summed E-state index contributed by atoms with van der Waals surface area (Å²) in [5.41, 5.74) is 3.58. The number of H-pyrrole nitrogens is 1. The Balaban J connectivity index is 1.44. The Hall–Kier alpha value is -2.64. The number of nitrogens with one attached hydrogen (secondary N) is 2. The van der Waals surface area contributed by atoms with Crippen LogP contribution < -0.4 is 5.32 Å². The molecule has 8 nitrogen and oxygen atoms in total. The van der Waals surface area contributed by atoms with Gasteiger partial charge < -0.3 is 10.2 Å². The first-order valence-corrected chi connectivity index (χ1v) is 9.56. The molecule has 1 aliphatic rings. The van der Waals surface area contributed by atoms with Crippen molar-refractivity contribution >= 4 is 17.5 Å². The second-order valence-corrected chi connectivity index (χ2v) is 7.25. The molecule has 8 heteroatoms. The molecule has 2 N–H and O–H groups in total. The van der Waals surface area contributed by atoms with E-state index in [-0.39, 0.29) is 11.8 Å². The molecular formula is C19H28N6O2. The van der Waals surface area contributed by atoms with Gasteiger partial charge in [0.1, 0.15) is 0 Å². The monoisotopic (exact) mass is 372 g/mol. The maximum atomic E-state index is 12.6. The summed E-state index contributed by atoms with van der Waals surface area (Å²) >= 11 is 0. The number of rotatable bonds is 6. The third-order valence-electron chi connectivity index (χ3n) is 5.29. The molecule has 1 fully saturated rings. The standard InChI is InChI=1S/C19H28N6O2/c1-4-25-12-16(11-20-25)21-18(26)9-15-5-7-24(8-6-15)19(27)10-17-13(2)22-23-14(17)3/h11-12,15H,4-10H2,1-3H3,(H,21,26)(H,22,23). The van der Waals surface area contributed by atoms with Gasteiger partial charge in [-0.3, -0.25) is 19.4 Å². The lowest BCUT2D eigenvalue weighted by Crippen LogP contribution is -2.40. The number of hydrogen-bond acceptors (Lipinski definition) is 4. The van der Waals surface area contributed by atoms with Crippen LogP contribution in [0, 0.1) is 19.8 Å². The van der Waals surface area contributed by atoms with Gasteiger partial charge in [0.25, 0.3) is 0 Å². The molecule has 0 radical (unpaired) electrons. The van der Waals surface area contributed by atoms with Gasteiger partial charge in [0, 0.05) is 43.5 Å². The zero-order valence-electron chi connectivity index (χ0n) is 16.3. The average Bonchev–Trinajstić information content (AvgIpc) is 3.23. The second-order valence-electron chi connectivity index (χ2n) is 7.25. The highest BCUT2D eigenvalue weighted by atomic mass is 16.2. The van der Waals surface area contributed by atoms with Crippen molar-refractivity contribution in [2.24, 2.45) is 5.92 Å². The van der Waals surface area contributed by atoms with Crippen molar-refractivity contribution < 1.29 is 9.59 Å². The number of anilines is 1. The molecule has 3 heterocycles. The number of aryl methyl sites for hydroxylation is 3. The van der Waals surface area contributed by atoms with E-state index >= 15 is 0 Å². The van der Waals surface area contributed by atoms with Gasteiger partial charge in [0.15, 0.2) is 0 Å². The first-order chi connectivity index (χ1) is 13.0. The summed E-state index contributed by atoms with van der Waals surface area (Å²) in [7, 11) is 0. The smallest absolute Gasteiger partial charge is 0.227 e. The SMILES string of the molecule is CCn1cc(NC(=O)CC2CCN(C(=O)Cc3c(C)n[nH]c3C)CC2)cn1. The molecule has 0 aliphatic carbocycles. The number of aromatic nitrogens is 4. The molecule has 0 aromatic carbocycles. The molecule has 0 saturated carbocycles. The van der Waals surface area contributed by atoms with E-state index in [0.29, 0.717) is 31.8 Å². The number of piperidine rings is 1. The lowest BCUT2D eigenvalue weighted by molar-refractivity contribution is -0.131. The third kappa shape index (κ3) is 4.75. The zero-order chi connectivity index (χ0) is 19.4. The minimum absolute atomic E-state index is 0.0140. The molecule has 1 saturated heterocycles. The molecule has 0 spiro atoms. The Kier molecular flexibility index (Phi) is 5.93. The number of carbonyl (C=O) groups excluding carboxylic acids is 2. The van der Waals surface area contributed by atoms with E-state index in [1.54, 1.807) is 10.9 Å². The van der Waals surface area contributed by atoms with Crippen LogP contribution in [0.2, 0.25) is 0 Å². The van der Waals surface area contributed by atoms with Crippen LogP contribution in [0.4, 0.5) is 5.69 Å². The molecule has 2 aromatic heterocycles. The van der Waals surface area contributed by atoms with E-state index in [9.17, 15) is 9.59 Å². The first-order valence-electron chi connectivity index (χ1n) is 9.56. The van der Waals surface area contributed by atoms with Gasteiger partial charge in [-0.1, -0.05) is 0 Å². The van der Waals surface area contributed by atoms with E-state index in [1.807, 2.05) is 31.9 Å². The number of aromatic amines is 1. The normalized spacial score (nSPS) is 15.1. The number of amides is 2. The number of hydrogen-bond donors (Lipinski definition) is 2. The average molecular weight is 372 g/mol. The summed E-state index contributed by atoms with van der Waals surface area (Å²) in [4.78, 5) is 26.7. The van der Waals surface area contributed by atoms with Crippen LogP contribution in [0.15, 0.2) is 12.4 Å². The molecular weight excluding hydrogens is 344 g/mol. The largest absolute Gasteiger partial charge is 0.342 e. The summed E-state index contributed by atoms with van der Waals surface area (Å²) in [5, 5.41) is 14.1. The van der Waals surface area contributed by atoms with Gasteiger partial charge in [0.05, 0.1) is 24.0 Å². The number of carbonyl (C=O) groups is 2. The minimum Gasteiger partial charge on any atom is -0.342 e. The van der Waals surface area contributed by atoms with Crippen molar-refractivity contribution in [3.8, 4) is 0 Å². The van der Waals surface area contributed by atoms with Gasteiger partial charge >= 0.3 is 0 Å². The van der Waals surface area contributed by atoms with Crippen molar-refractivity contribution in [3.63, 3.8) is 0 Å². The van der Waals surface area contributed by atoms with Gasteiger partial charge in [0.2, 0.25) is 11.8 Å². The Morgan fingerprint density at radius 3 is 2.63 bits per heavy atom. The van der Waals surface area contributed by atoms with Gasteiger partial charge in [-0.05, 0) is 39.5 Å². The molecule has 2 amide bonds. The zero-order valence-corrected chi connectivity index (χ0v) is 16.3. The predicted octanol–water partition coefficient (Wildman–Crippen LogP) is 2.05. The van der Waals surface area contributed by atoms with Crippen LogP contribution in [0.25, 0.3) is 0 Å². The molecule has 0 bridgehead atoms. The lowest BCUT2D eigenvalue weighted by Gasteiger charge is -2.32. The summed E-state index contributed by atoms with van der Waals surface area (Å²) in [6.45, 7) is 8.06. The third-order valence-corrected chi connectivity index (χ3v) is 5.29. The Morgan fingerprint density at radius 2 is 2.04 bits per heavy atom. The lowest BCUT2D eigenvalue weighted by atomic mass is 9.93. The highest BCUT2D eigenvalue weighted by molar-refractivity contribution is 5.90. The Morgan fingerprint density at radius 1 is 1.30 bits per heavy atom. The first kappa shape index (κ1) is 19.1. The van der Waals surface area contributed by atoms with Crippen molar-refractivity contribution in [3.05, 3.63) is 29.3 Å². The van der Waals surface area contributed by atoms with E-state index in [0.717, 1.165) is 42.0 Å². The highest BCUT2D eigenvalue weighted by Gasteiger charge is 2.25. The summed E-state index contributed by atoms with van der Waals surface area (Å²) < 4.78 is 1.78. The number of likely N-dealkylation sites (tertiary alicyclic amines) is 1. The molecule has 3 rings (SSSR count). The van der Waals surface area contributed by atoms with Crippen molar-refractivity contribution in [2.75, 3.05) is 18.4 Å². The topological polar surface area (TPSA) is 95.9 Å². The highest BCUT2D eigenvalue weighted by Crippen LogP contribution is 2.22. The molecule has 2 aromatic rings. The van der Waals surface area contributed by atoms with E-state index in [2.05, 4.69) is 20.6 Å². The Bertz CT molecular complexity index is 781. The van der Waals surface area contributed by atoms with Crippen LogP contribution >= 0.6 is 0 Å². The fourth-order valence-electron chi connectivity index (χ4n) is 3.56. The summed E-state index contributed by atoms with van der Waals surface area (Å²) in [6, 6.07) is 0. The van der Waals surface area contributed by atoms with Crippen LogP contribution in [0.3, 0.4) is 0 Å². The van der Waals surface area contributed by atoms with E-state index in [4.69, 9.17) is 0 Å². The molecule has 0 unspecified atom stereocenters. The van der Waals surface area contributed by atoms with Crippen molar-refractivity contribution in [2.45, 2.75) is 53.0 Å². The van der Waals surface area contributed by atoms with Crippen LogP contribution in [0.5, 0.6) is 0 Å². The predicted molar refractivity (Wildman–Crippen MR) is 102 cm³/mol. The van der Waals surface area contributed by atoms with E-state index in [1.165, 1.54) is 0 Å². The second kappa shape index (κ2) is 8.37. The molecule has 27 heavy (non-hydrogen) atoms. The van der Waals surface area contributed by atoms with Gasteiger partial charge in [-0.25, -0.2) is 0 Å². The fraction of sp³-hybridized carbons (Fsp3) is 0.579.